The molecule has 16 heavy (non-hydrogen) atoms. The molecule has 0 saturated heterocycles. The molecule has 1 aromatic carbocycles. The van der Waals surface area contributed by atoms with E-state index in [2.05, 4.69) is 4.98 Å². The minimum atomic E-state index is -4.38. The van der Waals surface area contributed by atoms with E-state index in [4.69, 9.17) is 5.73 Å². The molecule has 0 radical (unpaired) electrons. The Morgan fingerprint density at radius 2 is 1.94 bits per heavy atom. The molecule has 0 saturated carbocycles. The number of alkyl halides is 3. The highest BCUT2D eigenvalue weighted by atomic mass is 19.4. The van der Waals surface area contributed by atoms with Gasteiger partial charge in [-0.3, -0.25) is 4.98 Å². The van der Waals surface area contributed by atoms with Crippen LogP contribution in [0.2, 0.25) is 0 Å². The number of nitrogens with two attached hydrogens (primary N) is 1. The van der Waals surface area contributed by atoms with Gasteiger partial charge in [-0.1, -0.05) is 12.1 Å². The topological polar surface area (TPSA) is 38.9 Å². The molecule has 0 fully saturated rings. The Morgan fingerprint density at radius 3 is 2.56 bits per heavy atom. The number of halogens is 3. The number of hydrogen-bond acceptors (Lipinski definition) is 2. The molecular formula is C11H9F3N2. The van der Waals surface area contributed by atoms with Gasteiger partial charge in [0.15, 0.2) is 0 Å². The Hall–Kier alpha value is -1.62. The highest BCUT2D eigenvalue weighted by molar-refractivity contribution is 5.85. The van der Waals surface area contributed by atoms with Gasteiger partial charge in [-0.15, -0.1) is 0 Å². The Balaban J connectivity index is 2.70. The predicted molar refractivity (Wildman–Crippen MR) is 54.6 cm³/mol. The molecule has 2 nitrogen and oxygen atoms in total. The van der Waals surface area contributed by atoms with Gasteiger partial charge < -0.3 is 5.73 Å². The van der Waals surface area contributed by atoms with Crippen LogP contribution >= 0.6 is 0 Å². The molecule has 0 amide bonds. The van der Waals surface area contributed by atoms with Crippen molar-refractivity contribution < 1.29 is 13.2 Å². The van der Waals surface area contributed by atoms with Gasteiger partial charge in [0, 0.05) is 24.3 Å². The fourth-order valence-electron chi connectivity index (χ4n) is 1.58. The summed E-state index contributed by atoms with van der Waals surface area (Å²) in [6.07, 6.45) is -2.13. The number of nitrogens with zero attached hydrogens (tertiary/aromatic N) is 1. The lowest BCUT2D eigenvalue weighted by Gasteiger charge is -2.10. The zero-order valence-electron chi connectivity index (χ0n) is 8.25. The third kappa shape index (κ3) is 1.86. The van der Waals surface area contributed by atoms with Crippen molar-refractivity contribution in [1.82, 2.24) is 4.98 Å². The van der Waals surface area contributed by atoms with Crippen molar-refractivity contribution >= 4 is 10.8 Å². The number of hydrogen-bond donors (Lipinski definition) is 1. The van der Waals surface area contributed by atoms with Crippen molar-refractivity contribution in [1.29, 1.82) is 0 Å². The molecule has 0 aliphatic rings. The predicted octanol–water partition coefficient (Wildman–Crippen LogP) is 2.71. The van der Waals surface area contributed by atoms with Gasteiger partial charge in [0.1, 0.15) is 0 Å². The van der Waals surface area contributed by atoms with Crippen LogP contribution in [0.5, 0.6) is 0 Å². The molecule has 2 rings (SSSR count). The van der Waals surface area contributed by atoms with E-state index in [1.54, 1.807) is 12.1 Å². The summed E-state index contributed by atoms with van der Waals surface area (Å²) in [5, 5.41) is 0.609. The smallest absolute Gasteiger partial charge is 0.326 e. The Kier molecular flexibility index (Phi) is 2.55. The van der Waals surface area contributed by atoms with Gasteiger partial charge in [0.2, 0.25) is 0 Å². The van der Waals surface area contributed by atoms with Crippen molar-refractivity contribution in [3.05, 3.63) is 41.7 Å². The lowest BCUT2D eigenvalue weighted by Crippen LogP contribution is -2.06. The van der Waals surface area contributed by atoms with Gasteiger partial charge in [-0.2, -0.15) is 13.2 Å². The second-order valence-corrected chi connectivity index (χ2v) is 3.44. The summed E-state index contributed by atoms with van der Waals surface area (Å²) >= 11 is 0. The fraction of sp³-hybridized carbons (Fsp3) is 0.182. The zero-order chi connectivity index (χ0) is 11.8. The van der Waals surface area contributed by atoms with Crippen LogP contribution in [0.4, 0.5) is 13.2 Å². The van der Waals surface area contributed by atoms with E-state index < -0.39 is 11.7 Å². The average Bonchev–Trinajstić information content (AvgIpc) is 2.26. The van der Waals surface area contributed by atoms with Gasteiger partial charge >= 0.3 is 6.18 Å². The maximum atomic E-state index is 12.6. The largest absolute Gasteiger partial charge is 0.418 e. The molecule has 0 unspecified atom stereocenters. The summed E-state index contributed by atoms with van der Waals surface area (Å²) in [4.78, 5) is 3.59. The van der Waals surface area contributed by atoms with Gasteiger partial charge in [0.25, 0.3) is 0 Å². The molecule has 1 heterocycles. The standard InChI is InChI=1S/C11H9F3N2/c12-11(13,14)10-6-16-5-8-3-7(4-15)1-2-9(8)10/h1-3,5-6H,4,15H2. The van der Waals surface area contributed by atoms with Crippen LogP contribution in [0.15, 0.2) is 30.6 Å². The van der Waals surface area contributed by atoms with Crippen molar-refractivity contribution in [2.45, 2.75) is 12.7 Å². The lowest BCUT2D eigenvalue weighted by atomic mass is 10.0. The van der Waals surface area contributed by atoms with Gasteiger partial charge in [0.05, 0.1) is 5.56 Å². The number of rotatable bonds is 1. The monoisotopic (exact) mass is 226 g/mol. The molecule has 0 bridgehead atoms. The van der Waals surface area contributed by atoms with Crippen molar-refractivity contribution in [3.8, 4) is 0 Å². The van der Waals surface area contributed by atoms with Crippen LogP contribution < -0.4 is 5.73 Å². The first-order valence-corrected chi connectivity index (χ1v) is 4.66. The fourth-order valence-corrected chi connectivity index (χ4v) is 1.58. The summed E-state index contributed by atoms with van der Waals surface area (Å²) in [7, 11) is 0. The maximum absolute atomic E-state index is 12.6. The molecule has 5 heteroatoms. The summed E-state index contributed by atoms with van der Waals surface area (Å²) in [5.41, 5.74) is 5.49. The van der Waals surface area contributed by atoms with Crippen molar-refractivity contribution in [3.63, 3.8) is 0 Å². The maximum Gasteiger partial charge on any atom is 0.418 e. The minimum Gasteiger partial charge on any atom is -0.326 e. The SMILES string of the molecule is NCc1ccc2c(C(F)(F)F)cncc2c1. The number of aromatic nitrogens is 1. The molecule has 0 atom stereocenters. The highest BCUT2D eigenvalue weighted by Gasteiger charge is 2.32. The van der Waals surface area contributed by atoms with E-state index in [1.807, 2.05) is 0 Å². The molecular weight excluding hydrogens is 217 g/mol. The molecule has 0 spiro atoms. The second kappa shape index (κ2) is 3.75. The lowest BCUT2D eigenvalue weighted by molar-refractivity contribution is -0.136. The summed E-state index contributed by atoms with van der Waals surface area (Å²) < 4.78 is 37.9. The van der Waals surface area contributed by atoms with E-state index in [1.165, 1.54) is 12.3 Å². The second-order valence-electron chi connectivity index (χ2n) is 3.44. The number of pyridine rings is 1. The first-order valence-electron chi connectivity index (χ1n) is 4.66. The average molecular weight is 226 g/mol. The first-order chi connectivity index (χ1) is 7.52. The minimum absolute atomic E-state index is 0.153. The molecule has 2 N–H and O–H groups in total. The third-order valence-corrected chi connectivity index (χ3v) is 2.36. The van der Waals surface area contributed by atoms with Gasteiger partial charge in [-0.05, 0) is 17.0 Å². The summed E-state index contributed by atoms with van der Waals surface area (Å²) in [6.45, 7) is 0.298. The zero-order valence-corrected chi connectivity index (χ0v) is 8.25. The van der Waals surface area contributed by atoms with Crippen molar-refractivity contribution in [2.75, 3.05) is 0 Å². The molecule has 2 aromatic rings. The van der Waals surface area contributed by atoms with E-state index >= 15 is 0 Å². The van der Waals surface area contributed by atoms with Crippen LogP contribution in [0.25, 0.3) is 10.8 Å². The Labute approximate surface area is 89.9 Å². The Bertz CT molecular complexity index is 520. The van der Waals surface area contributed by atoms with Crippen molar-refractivity contribution in [2.24, 2.45) is 5.73 Å². The van der Waals surface area contributed by atoms with Crippen LogP contribution in [0, 0.1) is 0 Å². The third-order valence-electron chi connectivity index (χ3n) is 2.36. The number of benzene rings is 1. The van der Waals surface area contributed by atoms with Crippen LogP contribution in [0.1, 0.15) is 11.1 Å². The summed E-state index contributed by atoms with van der Waals surface area (Å²) in [6, 6.07) is 4.65. The molecule has 0 aliphatic carbocycles. The normalized spacial score (nSPS) is 12.0. The molecule has 84 valence electrons. The van der Waals surface area contributed by atoms with Gasteiger partial charge in [-0.25, -0.2) is 0 Å². The summed E-state index contributed by atoms with van der Waals surface area (Å²) in [5.74, 6) is 0. The quantitative estimate of drug-likeness (QED) is 0.811. The van der Waals surface area contributed by atoms with E-state index in [0.29, 0.717) is 11.9 Å². The van der Waals surface area contributed by atoms with Crippen LogP contribution in [-0.4, -0.2) is 4.98 Å². The first kappa shape index (κ1) is 10.9. The van der Waals surface area contributed by atoms with E-state index in [9.17, 15) is 13.2 Å². The van der Waals surface area contributed by atoms with E-state index in [-0.39, 0.29) is 5.39 Å². The van der Waals surface area contributed by atoms with Crippen LogP contribution in [-0.2, 0) is 12.7 Å². The Morgan fingerprint density at radius 1 is 1.19 bits per heavy atom. The molecule has 0 aliphatic heterocycles. The van der Waals surface area contributed by atoms with Crippen LogP contribution in [0.3, 0.4) is 0 Å². The van der Waals surface area contributed by atoms with E-state index in [0.717, 1.165) is 11.8 Å². The highest BCUT2D eigenvalue weighted by Crippen LogP contribution is 2.34. The molecule has 1 aromatic heterocycles. The number of fused-ring (bicyclic) bond motifs is 1.